The molecule has 0 aliphatic carbocycles. The molecule has 0 saturated carbocycles. The van der Waals surface area contributed by atoms with Crippen LogP contribution in [0.3, 0.4) is 0 Å². The number of benzene rings is 2. The summed E-state index contributed by atoms with van der Waals surface area (Å²) in [6, 6.07) is 12.7. The lowest BCUT2D eigenvalue weighted by atomic mass is 9.99. The van der Waals surface area contributed by atoms with Crippen molar-refractivity contribution in [3.05, 3.63) is 54.1 Å². The van der Waals surface area contributed by atoms with E-state index in [-0.39, 0.29) is 21.9 Å². The van der Waals surface area contributed by atoms with E-state index in [1.807, 2.05) is 26.0 Å². The van der Waals surface area contributed by atoms with E-state index in [4.69, 9.17) is 0 Å². The molecule has 1 aliphatic rings. The Morgan fingerprint density at radius 1 is 0.903 bits per heavy atom. The van der Waals surface area contributed by atoms with Gasteiger partial charge >= 0.3 is 0 Å². The minimum atomic E-state index is -3.76. The maximum absolute atomic E-state index is 13.1. The van der Waals surface area contributed by atoms with Gasteiger partial charge < -0.3 is 0 Å². The van der Waals surface area contributed by atoms with E-state index >= 15 is 0 Å². The van der Waals surface area contributed by atoms with Gasteiger partial charge in [0, 0.05) is 17.8 Å². The maximum Gasteiger partial charge on any atom is 0.261 e. The van der Waals surface area contributed by atoms with Crippen molar-refractivity contribution in [3.8, 4) is 0 Å². The first-order chi connectivity index (χ1) is 14.6. The fourth-order valence-electron chi connectivity index (χ4n) is 4.11. The number of nitrogens with one attached hydrogen (secondary N) is 1. The Kier molecular flexibility index (Phi) is 7.13. The molecule has 1 heterocycles. The number of hydrogen-bond donors (Lipinski definition) is 1. The number of anilines is 1. The van der Waals surface area contributed by atoms with E-state index in [1.54, 1.807) is 16.4 Å². The third kappa shape index (κ3) is 5.13. The van der Waals surface area contributed by atoms with Crippen molar-refractivity contribution in [3.63, 3.8) is 0 Å². The van der Waals surface area contributed by atoms with Gasteiger partial charge in [0.15, 0.2) is 0 Å². The van der Waals surface area contributed by atoms with E-state index < -0.39 is 20.0 Å². The van der Waals surface area contributed by atoms with Crippen molar-refractivity contribution in [2.45, 2.75) is 81.2 Å². The highest BCUT2D eigenvalue weighted by molar-refractivity contribution is 7.92. The molecule has 0 spiro atoms. The molecule has 0 radical (unpaired) electrons. The number of hydrogen-bond acceptors (Lipinski definition) is 4. The molecule has 1 saturated heterocycles. The molecule has 170 valence electrons. The zero-order valence-electron chi connectivity index (χ0n) is 18.6. The predicted molar refractivity (Wildman–Crippen MR) is 124 cm³/mol. The van der Waals surface area contributed by atoms with E-state index in [0.29, 0.717) is 11.6 Å². The zero-order valence-corrected chi connectivity index (χ0v) is 20.2. The monoisotopic (exact) mass is 464 g/mol. The summed E-state index contributed by atoms with van der Waals surface area (Å²) in [6.45, 7) is 8.06. The van der Waals surface area contributed by atoms with Gasteiger partial charge in [0.05, 0.1) is 9.79 Å². The molecule has 0 aromatic heterocycles. The standard InChI is InChI=1S/C23H32N2O4S2/c1-5-17(2)20-9-13-22(14-10-20)30(26,27)24-21-11-15-23(16-12-21)31(28,29)25-18(3)7-6-8-19(25)4/h9-19,24H,5-8H2,1-4H3. The summed E-state index contributed by atoms with van der Waals surface area (Å²) < 4.78 is 55.8. The molecule has 2 aromatic rings. The van der Waals surface area contributed by atoms with Gasteiger partial charge in [0.25, 0.3) is 10.0 Å². The fraction of sp³-hybridized carbons (Fsp3) is 0.478. The third-order valence-corrected chi connectivity index (χ3v) is 9.71. The molecule has 3 unspecified atom stereocenters. The Bertz CT molecular complexity index is 1090. The lowest BCUT2D eigenvalue weighted by Crippen LogP contribution is -2.47. The normalized spacial score (nSPS) is 21.5. The van der Waals surface area contributed by atoms with Gasteiger partial charge in [-0.05, 0) is 81.0 Å². The summed E-state index contributed by atoms with van der Waals surface area (Å²) >= 11 is 0. The summed E-state index contributed by atoms with van der Waals surface area (Å²) in [6.07, 6.45) is 3.69. The first-order valence-corrected chi connectivity index (χ1v) is 13.7. The second-order valence-electron chi connectivity index (χ2n) is 8.47. The molecule has 2 aromatic carbocycles. The van der Waals surface area contributed by atoms with E-state index in [1.165, 1.54) is 24.3 Å². The molecular formula is C23H32N2O4S2. The first-order valence-electron chi connectivity index (χ1n) is 10.8. The molecule has 3 atom stereocenters. The van der Waals surface area contributed by atoms with Crippen molar-refractivity contribution in [1.29, 1.82) is 0 Å². The summed E-state index contributed by atoms with van der Waals surface area (Å²) in [5, 5.41) is 0. The minimum Gasteiger partial charge on any atom is -0.280 e. The van der Waals surface area contributed by atoms with Crippen LogP contribution in [0.5, 0.6) is 0 Å². The van der Waals surface area contributed by atoms with Crippen LogP contribution < -0.4 is 4.72 Å². The van der Waals surface area contributed by atoms with Crippen LogP contribution in [0.4, 0.5) is 5.69 Å². The Balaban J connectivity index is 1.78. The number of piperidine rings is 1. The molecular weight excluding hydrogens is 432 g/mol. The molecule has 8 heteroatoms. The number of nitrogens with zero attached hydrogens (tertiary/aromatic N) is 1. The molecule has 0 bridgehead atoms. The van der Waals surface area contributed by atoms with Gasteiger partial charge in [-0.2, -0.15) is 4.31 Å². The van der Waals surface area contributed by atoms with Crippen molar-refractivity contribution in [2.24, 2.45) is 0 Å². The Morgan fingerprint density at radius 3 is 1.94 bits per heavy atom. The lowest BCUT2D eigenvalue weighted by molar-refractivity contribution is 0.204. The first kappa shape index (κ1) is 23.8. The van der Waals surface area contributed by atoms with Crippen molar-refractivity contribution < 1.29 is 16.8 Å². The van der Waals surface area contributed by atoms with E-state index in [0.717, 1.165) is 31.2 Å². The second kappa shape index (κ2) is 9.30. The largest absolute Gasteiger partial charge is 0.280 e. The summed E-state index contributed by atoms with van der Waals surface area (Å²) in [7, 11) is -7.39. The van der Waals surface area contributed by atoms with Crippen LogP contribution in [0.1, 0.15) is 64.9 Å². The highest BCUT2D eigenvalue weighted by atomic mass is 32.2. The van der Waals surface area contributed by atoms with Gasteiger partial charge in [-0.15, -0.1) is 0 Å². The molecule has 0 amide bonds. The highest BCUT2D eigenvalue weighted by Gasteiger charge is 2.35. The topological polar surface area (TPSA) is 83.5 Å². The van der Waals surface area contributed by atoms with E-state index in [2.05, 4.69) is 18.6 Å². The van der Waals surface area contributed by atoms with Crippen molar-refractivity contribution in [1.82, 2.24) is 4.31 Å². The van der Waals surface area contributed by atoms with Gasteiger partial charge in [-0.3, -0.25) is 4.72 Å². The minimum absolute atomic E-state index is 0.0506. The SMILES string of the molecule is CCC(C)c1ccc(S(=O)(=O)Nc2ccc(S(=O)(=O)N3C(C)CCCC3C)cc2)cc1. The van der Waals surface area contributed by atoms with Crippen LogP contribution in [-0.2, 0) is 20.0 Å². The van der Waals surface area contributed by atoms with Crippen molar-refractivity contribution >= 4 is 25.7 Å². The molecule has 31 heavy (non-hydrogen) atoms. The Hall–Kier alpha value is -1.90. The lowest BCUT2D eigenvalue weighted by Gasteiger charge is -2.37. The molecule has 1 fully saturated rings. The average Bonchev–Trinajstić information content (AvgIpc) is 2.73. The smallest absolute Gasteiger partial charge is 0.261 e. The van der Waals surface area contributed by atoms with Crippen molar-refractivity contribution in [2.75, 3.05) is 4.72 Å². The van der Waals surface area contributed by atoms with Gasteiger partial charge in [-0.25, -0.2) is 16.8 Å². The summed E-state index contributed by atoms with van der Waals surface area (Å²) in [5.41, 5.74) is 1.42. The number of rotatable bonds is 7. The number of sulfonamides is 2. The predicted octanol–water partition coefficient (Wildman–Crippen LogP) is 4.95. The van der Waals surface area contributed by atoms with Crippen LogP contribution in [0.25, 0.3) is 0 Å². The zero-order chi connectivity index (χ0) is 22.8. The molecule has 1 aliphatic heterocycles. The fourth-order valence-corrected chi connectivity index (χ4v) is 7.05. The maximum atomic E-state index is 13.1. The third-order valence-electron chi connectivity index (χ3n) is 6.17. The van der Waals surface area contributed by atoms with E-state index in [9.17, 15) is 16.8 Å². The van der Waals surface area contributed by atoms with Crippen LogP contribution >= 0.6 is 0 Å². The Morgan fingerprint density at radius 2 is 1.42 bits per heavy atom. The van der Waals surface area contributed by atoms with Gasteiger partial charge in [-0.1, -0.05) is 32.4 Å². The van der Waals surface area contributed by atoms with Gasteiger partial charge in [0.1, 0.15) is 0 Å². The average molecular weight is 465 g/mol. The molecule has 3 rings (SSSR count). The quantitative estimate of drug-likeness (QED) is 0.628. The molecule has 1 N–H and O–H groups in total. The summed E-state index contributed by atoms with van der Waals surface area (Å²) in [5.74, 6) is 0.365. The second-order valence-corrected chi connectivity index (χ2v) is 12.0. The van der Waals surface area contributed by atoms with Gasteiger partial charge in [0.2, 0.25) is 10.0 Å². The highest BCUT2D eigenvalue weighted by Crippen LogP contribution is 2.30. The van der Waals surface area contributed by atoms with Crippen LogP contribution in [0.2, 0.25) is 0 Å². The van der Waals surface area contributed by atoms with Crippen LogP contribution in [0.15, 0.2) is 58.3 Å². The Labute approximate surface area is 186 Å². The molecule has 6 nitrogen and oxygen atoms in total. The van der Waals surface area contributed by atoms with Crippen LogP contribution in [-0.4, -0.2) is 33.2 Å². The van der Waals surface area contributed by atoms with Crippen LogP contribution in [0, 0.1) is 0 Å². The summed E-state index contributed by atoms with van der Waals surface area (Å²) in [4.78, 5) is 0.348.